The molecule has 1 aromatic carbocycles. The Balaban J connectivity index is 2.78. The van der Waals surface area contributed by atoms with E-state index in [-0.39, 0.29) is 6.04 Å². The summed E-state index contributed by atoms with van der Waals surface area (Å²) >= 11 is 11.7. The highest BCUT2D eigenvalue weighted by Crippen LogP contribution is 2.26. The van der Waals surface area contributed by atoms with Gasteiger partial charge in [0.25, 0.3) is 0 Å². The fourth-order valence-electron chi connectivity index (χ4n) is 1.01. The fourth-order valence-corrected chi connectivity index (χ4v) is 1.31. The summed E-state index contributed by atoms with van der Waals surface area (Å²) < 4.78 is 0. The lowest BCUT2D eigenvalue weighted by atomic mass is 10.0. The number of nitrogens with one attached hydrogen (secondary N) is 1. The molecule has 1 aromatic rings. The summed E-state index contributed by atoms with van der Waals surface area (Å²) in [6.07, 6.45) is 0. The molecule has 0 spiro atoms. The van der Waals surface area contributed by atoms with Crippen LogP contribution in [0, 0.1) is 0 Å². The van der Waals surface area contributed by atoms with Gasteiger partial charge in [0.1, 0.15) is 0 Å². The molecule has 1 atom stereocenters. The zero-order valence-corrected chi connectivity index (χ0v) is 10.5. The summed E-state index contributed by atoms with van der Waals surface area (Å²) in [4.78, 5) is 0. The zero-order chi connectivity index (χ0) is 11.6. The van der Waals surface area contributed by atoms with Gasteiger partial charge in [0.2, 0.25) is 0 Å². The second-order valence-electron chi connectivity index (χ2n) is 4.15. The number of anilines is 1. The standard InChI is InChI=1S/C11H15Cl2NO/c1-7(11(2,3)15)14-8-4-5-9(12)10(13)6-8/h4-7,14-15H,1-3H3. The van der Waals surface area contributed by atoms with E-state index in [4.69, 9.17) is 23.2 Å². The Morgan fingerprint density at radius 2 is 1.87 bits per heavy atom. The van der Waals surface area contributed by atoms with Crippen molar-refractivity contribution >= 4 is 28.9 Å². The highest BCUT2D eigenvalue weighted by Gasteiger charge is 2.21. The SMILES string of the molecule is CC(Nc1ccc(Cl)c(Cl)c1)C(C)(C)O. The van der Waals surface area contributed by atoms with Crippen LogP contribution in [0.4, 0.5) is 5.69 Å². The van der Waals surface area contributed by atoms with E-state index in [1.54, 1.807) is 26.0 Å². The first kappa shape index (κ1) is 12.6. The van der Waals surface area contributed by atoms with Gasteiger partial charge in [0.15, 0.2) is 0 Å². The number of halogens is 2. The molecule has 0 radical (unpaired) electrons. The first-order chi connectivity index (χ1) is 6.80. The van der Waals surface area contributed by atoms with Gasteiger partial charge in [-0.3, -0.25) is 0 Å². The van der Waals surface area contributed by atoms with Gasteiger partial charge in [0.05, 0.1) is 21.7 Å². The van der Waals surface area contributed by atoms with Crippen molar-refractivity contribution in [3.05, 3.63) is 28.2 Å². The van der Waals surface area contributed by atoms with Crippen molar-refractivity contribution in [1.29, 1.82) is 0 Å². The molecule has 4 heteroatoms. The third kappa shape index (κ3) is 3.56. The van der Waals surface area contributed by atoms with Crippen LogP contribution in [0.25, 0.3) is 0 Å². The van der Waals surface area contributed by atoms with Gasteiger partial charge in [-0.05, 0) is 39.0 Å². The van der Waals surface area contributed by atoms with E-state index in [1.807, 2.05) is 13.0 Å². The first-order valence-electron chi connectivity index (χ1n) is 4.74. The Bertz CT molecular complexity index is 347. The molecule has 0 heterocycles. The van der Waals surface area contributed by atoms with Crippen LogP contribution in [0.5, 0.6) is 0 Å². The molecule has 0 fully saturated rings. The quantitative estimate of drug-likeness (QED) is 0.857. The summed E-state index contributed by atoms with van der Waals surface area (Å²) in [6.45, 7) is 5.41. The number of aliphatic hydroxyl groups is 1. The summed E-state index contributed by atoms with van der Waals surface area (Å²) in [5.74, 6) is 0. The van der Waals surface area contributed by atoms with E-state index < -0.39 is 5.60 Å². The molecule has 15 heavy (non-hydrogen) atoms. The van der Waals surface area contributed by atoms with Crippen molar-refractivity contribution in [3.63, 3.8) is 0 Å². The summed E-state index contributed by atoms with van der Waals surface area (Å²) in [7, 11) is 0. The average molecular weight is 248 g/mol. The monoisotopic (exact) mass is 247 g/mol. The third-order valence-corrected chi connectivity index (χ3v) is 3.10. The molecule has 0 amide bonds. The number of benzene rings is 1. The Labute approximate surface area is 100 Å². The topological polar surface area (TPSA) is 32.3 Å². The lowest BCUT2D eigenvalue weighted by molar-refractivity contribution is 0.0649. The largest absolute Gasteiger partial charge is 0.388 e. The van der Waals surface area contributed by atoms with Gasteiger partial charge < -0.3 is 10.4 Å². The maximum Gasteiger partial charge on any atom is 0.0789 e. The predicted molar refractivity (Wildman–Crippen MR) is 65.8 cm³/mol. The summed E-state index contributed by atoms with van der Waals surface area (Å²) in [5, 5.41) is 13.9. The lowest BCUT2D eigenvalue weighted by Gasteiger charge is -2.27. The molecule has 2 nitrogen and oxygen atoms in total. The Morgan fingerprint density at radius 1 is 1.27 bits per heavy atom. The molecule has 0 aliphatic heterocycles. The van der Waals surface area contributed by atoms with Gasteiger partial charge in [-0.2, -0.15) is 0 Å². The van der Waals surface area contributed by atoms with Crippen LogP contribution in [-0.2, 0) is 0 Å². The molecule has 1 rings (SSSR count). The normalized spacial score (nSPS) is 13.7. The number of hydrogen-bond donors (Lipinski definition) is 2. The minimum atomic E-state index is -0.786. The van der Waals surface area contributed by atoms with Crippen molar-refractivity contribution < 1.29 is 5.11 Å². The van der Waals surface area contributed by atoms with E-state index in [2.05, 4.69) is 5.32 Å². The van der Waals surface area contributed by atoms with Crippen molar-refractivity contribution in [2.24, 2.45) is 0 Å². The van der Waals surface area contributed by atoms with Gasteiger partial charge in [-0.15, -0.1) is 0 Å². The van der Waals surface area contributed by atoms with Crippen LogP contribution in [0.1, 0.15) is 20.8 Å². The maximum atomic E-state index is 9.75. The van der Waals surface area contributed by atoms with E-state index in [1.165, 1.54) is 0 Å². The Morgan fingerprint density at radius 3 is 2.33 bits per heavy atom. The van der Waals surface area contributed by atoms with Crippen molar-refractivity contribution in [2.75, 3.05) is 5.32 Å². The third-order valence-electron chi connectivity index (χ3n) is 2.36. The molecule has 0 bridgehead atoms. The van der Waals surface area contributed by atoms with Crippen molar-refractivity contribution in [1.82, 2.24) is 0 Å². The van der Waals surface area contributed by atoms with Crippen LogP contribution in [0.3, 0.4) is 0 Å². The summed E-state index contributed by atoms with van der Waals surface area (Å²) in [5.41, 5.74) is 0.0607. The summed E-state index contributed by atoms with van der Waals surface area (Å²) in [6, 6.07) is 5.22. The van der Waals surface area contributed by atoms with Gasteiger partial charge in [0, 0.05) is 5.69 Å². The lowest BCUT2D eigenvalue weighted by Crippen LogP contribution is -2.39. The first-order valence-corrected chi connectivity index (χ1v) is 5.50. The molecule has 0 saturated carbocycles. The van der Waals surface area contributed by atoms with Crippen LogP contribution in [-0.4, -0.2) is 16.7 Å². The molecule has 0 saturated heterocycles. The molecule has 0 aliphatic rings. The van der Waals surface area contributed by atoms with Crippen LogP contribution >= 0.6 is 23.2 Å². The van der Waals surface area contributed by atoms with Crippen LogP contribution in [0.15, 0.2) is 18.2 Å². The van der Waals surface area contributed by atoms with Crippen molar-refractivity contribution in [2.45, 2.75) is 32.4 Å². The molecule has 0 aromatic heterocycles. The highest BCUT2D eigenvalue weighted by molar-refractivity contribution is 6.42. The molecule has 1 unspecified atom stereocenters. The second-order valence-corrected chi connectivity index (χ2v) is 4.96. The van der Waals surface area contributed by atoms with Gasteiger partial charge >= 0.3 is 0 Å². The van der Waals surface area contributed by atoms with Crippen LogP contribution < -0.4 is 5.32 Å². The molecular formula is C11H15Cl2NO. The molecular weight excluding hydrogens is 233 g/mol. The van der Waals surface area contributed by atoms with Crippen molar-refractivity contribution in [3.8, 4) is 0 Å². The number of rotatable bonds is 3. The smallest absolute Gasteiger partial charge is 0.0789 e. The highest BCUT2D eigenvalue weighted by atomic mass is 35.5. The molecule has 0 aliphatic carbocycles. The molecule has 84 valence electrons. The van der Waals surface area contributed by atoms with E-state index in [0.29, 0.717) is 10.0 Å². The maximum absolute atomic E-state index is 9.75. The number of hydrogen-bond acceptors (Lipinski definition) is 2. The van der Waals surface area contributed by atoms with Gasteiger partial charge in [-0.1, -0.05) is 23.2 Å². The predicted octanol–water partition coefficient (Wildman–Crippen LogP) is 3.56. The minimum Gasteiger partial charge on any atom is -0.388 e. The van der Waals surface area contributed by atoms with E-state index in [9.17, 15) is 5.11 Å². The average Bonchev–Trinajstić information content (AvgIpc) is 2.10. The van der Waals surface area contributed by atoms with E-state index >= 15 is 0 Å². The molecule has 2 N–H and O–H groups in total. The van der Waals surface area contributed by atoms with E-state index in [0.717, 1.165) is 5.69 Å². The van der Waals surface area contributed by atoms with Crippen LogP contribution in [0.2, 0.25) is 10.0 Å². The van der Waals surface area contributed by atoms with Gasteiger partial charge in [-0.25, -0.2) is 0 Å². The Kier molecular flexibility index (Phi) is 3.87. The Hall–Kier alpha value is -0.440. The second kappa shape index (κ2) is 4.60. The minimum absolute atomic E-state index is 0.0743. The fraction of sp³-hybridized carbons (Fsp3) is 0.455. The zero-order valence-electron chi connectivity index (χ0n) is 9.01.